The summed E-state index contributed by atoms with van der Waals surface area (Å²) in [6.07, 6.45) is 0.132. The lowest BCUT2D eigenvalue weighted by molar-refractivity contribution is -0.130. The van der Waals surface area contributed by atoms with Gasteiger partial charge in [-0.1, -0.05) is 75.6 Å². The van der Waals surface area contributed by atoms with E-state index in [0.29, 0.717) is 47.5 Å². The third-order valence-electron chi connectivity index (χ3n) is 7.74. The summed E-state index contributed by atoms with van der Waals surface area (Å²) in [5.41, 5.74) is 16.7. The highest BCUT2D eigenvalue weighted by Crippen LogP contribution is 2.44. The molecule has 0 fully saturated rings. The molecule has 0 aliphatic carbocycles. The number of hydrazine groups is 1. The second kappa shape index (κ2) is 16.2. The molecule has 0 bridgehead atoms. The van der Waals surface area contributed by atoms with Gasteiger partial charge in [0.25, 0.3) is 5.91 Å². The number of rotatable bonds is 15. The smallest absolute Gasteiger partial charge is 0.266 e. The number of amides is 1. The lowest BCUT2D eigenvalue weighted by Gasteiger charge is -2.32. The van der Waals surface area contributed by atoms with Gasteiger partial charge in [-0.2, -0.15) is 0 Å². The molecule has 10 nitrogen and oxygen atoms in total. The van der Waals surface area contributed by atoms with Crippen molar-refractivity contribution in [3.63, 3.8) is 0 Å². The normalized spacial score (nSPS) is 16.9. The van der Waals surface area contributed by atoms with Crippen molar-refractivity contribution in [2.45, 2.75) is 37.5 Å². The van der Waals surface area contributed by atoms with Crippen molar-refractivity contribution in [3.8, 4) is 5.75 Å². The fourth-order valence-corrected chi connectivity index (χ4v) is 5.63. The highest BCUT2D eigenvalue weighted by atomic mass is 79.9. The summed E-state index contributed by atoms with van der Waals surface area (Å²) in [4.78, 5) is 22.4. The number of hydrogen-bond donors (Lipinski definition) is 3. The predicted octanol–water partition coefficient (Wildman–Crippen LogP) is 6.52. The second-order valence-corrected chi connectivity index (χ2v) is 11.8. The van der Waals surface area contributed by atoms with Crippen LogP contribution in [0.2, 0.25) is 0 Å². The Labute approximate surface area is 280 Å². The molecule has 1 aliphatic rings. The van der Waals surface area contributed by atoms with Gasteiger partial charge in [-0.05, 0) is 76.7 Å². The summed E-state index contributed by atoms with van der Waals surface area (Å²) in [7, 11) is 0. The Bertz CT molecular complexity index is 1750. The Balaban J connectivity index is 1.53. The first-order valence-corrected chi connectivity index (χ1v) is 15.9. The SMILES string of the molecule is [N-]=[N+]=NCc1ccccc1[C@@H]1OC(c2ccc(OCCCO)cc2)=N[C@]1(Cc1ccc(Br)cc1)C(=O)NNCCc1ccccc1F. The van der Waals surface area contributed by atoms with Crippen LogP contribution < -0.4 is 15.6 Å². The van der Waals surface area contributed by atoms with Gasteiger partial charge in [0.1, 0.15) is 11.6 Å². The number of carbonyl (C=O) groups excluding carboxylic acids is 1. The first kappa shape index (κ1) is 33.6. The van der Waals surface area contributed by atoms with Crippen molar-refractivity contribution >= 4 is 27.7 Å². The summed E-state index contributed by atoms with van der Waals surface area (Å²) in [5, 5.41) is 12.9. The zero-order valence-corrected chi connectivity index (χ0v) is 27.1. The van der Waals surface area contributed by atoms with E-state index in [4.69, 9.17) is 25.1 Å². The Hall–Kier alpha value is -4.74. The maximum absolute atomic E-state index is 14.4. The molecule has 0 unspecified atom stereocenters. The van der Waals surface area contributed by atoms with Gasteiger partial charge in [0.05, 0.1) is 13.2 Å². The topological polar surface area (TPSA) is 141 Å². The molecule has 0 saturated heterocycles. The maximum atomic E-state index is 14.4. The van der Waals surface area contributed by atoms with Crippen molar-refractivity contribution < 1.29 is 23.8 Å². The van der Waals surface area contributed by atoms with Gasteiger partial charge in [0.2, 0.25) is 5.90 Å². The highest BCUT2D eigenvalue weighted by Gasteiger charge is 2.54. The minimum atomic E-state index is -1.50. The van der Waals surface area contributed by atoms with Crippen LogP contribution in [0.4, 0.5) is 4.39 Å². The Morgan fingerprint density at radius 2 is 1.77 bits per heavy atom. The molecule has 0 radical (unpaired) electrons. The number of hydrogen-bond acceptors (Lipinski definition) is 7. The first-order chi connectivity index (χ1) is 22.9. The van der Waals surface area contributed by atoms with E-state index < -0.39 is 17.6 Å². The largest absolute Gasteiger partial charge is 0.494 e. The predicted molar refractivity (Wildman–Crippen MR) is 180 cm³/mol. The Morgan fingerprint density at radius 1 is 1.04 bits per heavy atom. The molecule has 2 atom stereocenters. The fraction of sp³-hybridized carbons (Fsp3) is 0.257. The van der Waals surface area contributed by atoms with E-state index >= 15 is 0 Å². The van der Waals surface area contributed by atoms with Crippen LogP contribution in [0.15, 0.2) is 112 Å². The zero-order chi connectivity index (χ0) is 33.1. The quantitative estimate of drug-likeness (QED) is 0.0426. The molecule has 47 heavy (non-hydrogen) atoms. The van der Waals surface area contributed by atoms with Gasteiger partial charge < -0.3 is 14.6 Å². The number of aliphatic hydroxyl groups excluding tert-OH is 1. The number of carbonyl (C=O) groups is 1. The van der Waals surface area contributed by atoms with E-state index in [2.05, 4.69) is 36.8 Å². The minimum absolute atomic E-state index is 0.0335. The van der Waals surface area contributed by atoms with Gasteiger partial charge in [0.15, 0.2) is 11.6 Å². The molecule has 0 spiro atoms. The molecule has 5 rings (SSSR count). The molecule has 12 heteroatoms. The van der Waals surface area contributed by atoms with E-state index in [1.165, 1.54) is 6.07 Å². The standard InChI is InChI=1S/C35H34BrFN6O4/c36-28-14-10-24(11-15-28)22-35(34(45)42-39-19-18-25-6-2-4-9-31(25)37)32(30-8-3-1-7-27(30)23-40-43-38)47-33(41-35)26-12-16-29(17-13-26)46-21-5-20-44/h1-4,6-17,32,39,44H,5,18-23H2,(H,42,45)/t32-,35-/m0/s1. The molecule has 1 heterocycles. The number of aliphatic imine (C=N–C) groups is 1. The summed E-state index contributed by atoms with van der Waals surface area (Å²) >= 11 is 3.48. The van der Waals surface area contributed by atoms with Crippen LogP contribution in [0, 0.1) is 5.82 Å². The Kier molecular flexibility index (Phi) is 11.6. The number of halogens is 2. The number of azide groups is 1. The summed E-state index contributed by atoms with van der Waals surface area (Å²) in [5.74, 6) is 0.118. The number of nitrogens with one attached hydrogen (secondary N) is 2. The van der Waals surface area contributed by atoms with Crippen molar-refractivity contribution in [2.75, 3.05) is 19.8 Å². The number of nitrogens with zero attached hydrogens (tertiary/aromatic N) is 4. The van der Waals surface area contributed by atoms with Crippen LogP contribution in [-0.4, -0.2) is 42.2 Å². The van der Waals surface area contributed by atoms with Crippen molar-refractivity contribution in [3.05, 3.63) is 146 Å². The van der Waals surface area contributed by atoms with E-state index in [1.54, 1.807) is 42.5 Å². The van der Waals surface area contributed by atoms with Crippen molar-refractivity contribution in [1.29, 1.82) is 0 Å². The lowest BCUT2D eigenvalue weighted by Crippen LogP contribution is -2.54. The molecule has 3 N–H and O–H groups in total. The first-order valence-electron chi connectivity index (χ1n) is 15.1. The number of ether oxygens (including phenoxy) is 2. The molecule has 1 amide bonds. The van der Waals surface area contributed by atoms with E-state index in [9.17, 15) is 9.18 Å². The number of benzene rings is 4. The van der Waals surface area contributed by atoms with Crippen LogP contribution in [0.3, 0.4) is 0 Å². The van der Waals surface area contributed by atoms with Gasteiger partial charge >= 0.3 is 0 Å². The van der Waals surface area contributed by atoms with Crippen LogP contribution >= 0.6 is 15.9 Å². The molecule has 242 valence electrons. The molecule has 1 aliphatic heterocycles. The van der Waals surface area contributed by atoms with Crippen molar-refractivity contribution in [1.82, 2.24) is 10.9 Å². The van der Waals surface area contributed by atoms with Gasteiger partial charge in [-0.15, -0.1) is 0 Å². The van der Waals surface area contributed by atoms with Gasteiger partial charge in [-0.3, -0.25) is 10.2 Å². The summed E-state index contributed by atoms with van der Waals surface area (Å²) < 4.78 is 27.4. The fourth-order valence-electron chi connectivity index (χ4n) is 5.36. The van der Waals surface area contributed by atoms with Crippen LogP contribution in [0.5, 0.6) is 5.75 Å². The maximum Gasteiger partial charge on any atom is 0.266 e. The molecule has 4 aromatic rings. The summed E-state index contributed by atoms with van der Waals surface area (Å²) in [6, 6.07) is 28.6. The minimum Gasteiger partial charge on any atom is -0.494 e. The van der Waals surface area contributed by atoms with Gasteiger partial charge in [-0.25, -0.2) is 14.8 Å². The van der Waals surface area contributed by atoms with E-state index in [0.717, 1.165) is 10.0 Å². The van der Waals surface area contributed by atoms with Crippen LogP contribution in [0.25, 0.3) is 10.4 Å². The molecule has 0 aromatic heterocycles. The third-order valence-corrected chi connectivity index (χ3v) is 8.27. The molecular weight excluding hydrogens is 667 g/mol. The lowest BCUT2D eigenvalue weighted by atomic mass is 9.81. The average molecular weight is 702 g/mol. The summed E-state index contributed by atoms with van der Waals surface area (Å²) in [6.45, 7) is 0.733. The third kappa shape index (κ3) is 8.35. The van der Waals surface area contributed by atoms with Crippen LogP contribution in [-0.2, 0) is 28.9 Å². The molecule has 0 saturated carbocycles. The van der Waals surface area contributed by atoms with Crippen LogP contribution in [0.1, 0.15) is 40.3 Å². The van der Waals surface area contributed by atoms with Gasteiger partial charge in [0, 0.05) is 40.9 Å². The molecule has 4 aromatic carbocycles. The van der Waals surface area contributed by atoms with Crippen molar-refractivity contribution in [2.24, 2.45) is 10.1 Å². The second-order valence-electron chi connectivity index (χ2n) is 10.9. The molecular formula is C35H34BrFN6O4. The van der Waals surface area contributed by atoms with E-state index in [1.807, 2.05) is 48.5 Å². The average Bonchev–Trinajstić information content (AvgIpc) is 3.48. The van der Waals surface area contributed by atoms with E-state index in [-0.39, 0.29) is 37.8 Å². The number of aliphatic hydroxyl groups is 1. The zero-order valence-electron chi connectivity index (χ0n) is 25.5. The highest BCUT2D eigenvalue weighted by molar-refractivity contribution is 9.10. The Morgan fingerprint density at radius 3 is 2.49 bits per heavy atom. The monoisotopic (exact) mass is 700 g/mol.